The highest BCUT2D eigenvalue weighted by Gasteiger charge is 2.06. The van der Waals surface area contributed by atoms with E-state index in [1.54, 1.807) is 12.3 Å². The Kier molecular flexibility index (Phi) is 3.50. The van der Waals surface area contributed by atoms with Crippen LogP contribution in [0.15, 0.2) is 54.0 Å². The lowest BCUT2D eigenvalue weighted by molar-refractivity contribution is 0.857. The zero-order valence-corrected chi connectivity index (χ0v) is 11.9. The van der Waals surface area contributed by atoms with Crippen LogP contribution in [0.1, 0.15) is 5.56 Å². The molecular weight excluding hydrogens is 288 g/mol. The van der Waals surface area contributed by atoms with Crippen LogP contribution in [-0.4, -0.2) is 19.5 Å². The Hall–Kier alpha value is -2.53. The van der Waals surface area contributed by atoms with E-state index in [9.17, 15) is 4.79 Å². The third-order valence-corrected chi connectivity index (χ3v) is 3.23. The van der Waals surface area contributed by atoms with E-state index in [0.29, 0.717) is 10.8 Å². The SMILES string of the molecule is Cc1cc(-c2ccnc(Cl)c2)cc(-n2cncnc2=O)c1. The zero-order valence-electron chi connectivity index (χ0n) is 11.2. The minimum Gasteiger partial charge on any atom is -0.251 e. The van der Waals surface area contributed by atoms with Crippen LogP contribution in [0.3, 0.4) is 0 Å². The minimum absolute atomic E-state index is 0.366. The number of rotatable bonds is 2. The van der Waals surface area contributed by atoms with Crippen molar-refractivity contribution < 1.29 is 0 Å². The van der Waals surface area contributed by atoms with Gasteiger partial charge in [0, 0.05) is 6.20 Å². The molecular formula is C15H11ClN4O. The molecule has 0 saturated heterocycles. The molecule has 0 amide bonds. The number of halogens is 1. The summed E-state index contributed by atoms with van der Waals surface area (Å²) in [6.45, 7) is 1.96. The first-order chi connectivity index (χ1) is 10.1. The van der Waals surface area contributed by atoms with E-state index in [1.165, 1.54) is 17.2 Å². The fourth-order valence-corrected chi connectivity index (χ4v) is 2.29. The third-order valence-electron chi connectivity index (χ3n) is 3.02. The number of aryl methyl sites for hydroxylation is 1. The predicted octanol–water partition coefficient (Wildman–Crippen LogP) is 2.65. The maximum atomic E-state index is 11.8. The Morgan fingerprint density at radius 3 is 2.71 bits per heavy atom. The molecule has 0 N–H and O–H groups in total. The zero-order chi connectivity index (χ0) is 14.8. The molecule has 3 aromatic rings. The number of aromatic nitrogens is 4. The first kappa shape index (κ1) is 13.5. The second kappa shape index (κ2) is 5.46. The molecule has 21 heavy (non-hydrogen) atoms. The smallest absolute Gasteiger partial charge is 0.251 e. The molecule has 0 fully saturated rings. The largest absolute Gasteiger partial charge is 0.354 e. The van der Waals surface area contributed by atoms with Crippen molar-refractivity contribution in [3.05, 3.63) is 70.4 Å². The van der Waals surface area contributed by atoms with Crippen molar-refractivity contribution >= 4 is 11.6 Å². The standard InChI is InChI=1S/C15H11ClN4O/c1-10-4-12(11-2-3-18-14(16)7-11)6-13(5-10)20-9-17-8-19-15(20)21/h2-9H,1H3. The van der Waals surface area contributed by atoms with Gasteiger partial charge in [-0.3, -0.25) is 4.57 Å². The van der Waals surface area contributed by atoms with Gasteiger partial charge in [0.25, 0.3) is 0 Å². The van der Waals surface area contributed by atoms with Crippen molar-refractivity contribution in [1.29, 1.82) is 0 Å². The van der Waals surface area contributed by atoms with Crippen molar-refractivity contribution in [3.8, 4) is 16.8 Å². The Balaban J connectivity index is 2.18. The molecule has 2 heterocycles. The van der Waals surface area contributed by atoms with Crippen molar-refractivity contribution in [2.45, 2.75) is 6.92 Å². The van der Waals surface area contributed by atoms with Crippen LogP contribution in [-0.2, 0) is 0 Å². The monoisotopic (exact) mass is 298 g/mol. The van der Waals surface area contributed by atoms with Gasteiger partial charge < -0.3 is 0 Å². The topological polar surface area (TPSA) is 60.7 Å². The van der Waals surface area contributed by atoms with Crippen LogP contribution >= 0.6 is 11.6 Å². The Labute approximate surface area is 125 Å². The summed E-state index contributed by atoms with van der Waals surface area (Å²) in [5.41, 5.74) is 3.25. The highest BCUT2D eigenvalue weighted by atomic mass is 35.5. The molecule has 0 bridgehead atoms. The Morgan fingerprint density at radius 1 is 1.10 bits per heavy atom. The maximum Gasteiger partial charge on any atom is 0.354 e. The molecule has 0 aliphatic heterocycles. The molecule has 0 spiro atoms. The van der Waals surface area contributed by atoms with Gasteiger partial charge in [0.15, 0.2) is 0 Å². The molecule has 0 radical (unpaired) electrons. The summed E-state index contributed by atoms with van der Waals surface area (Å²) in [5.74, 6) is 0. The minimum atomic E-state index is -0.366. The first-order valence-corrected chi connectivity index (χ1v) is 6.64. The number of hydrogen-bond donors (Lipinski definition) is 0. The quantitative estimate of drug-likeness (QED) is 0.682. The van der Waals surface area contributed by atoms with Crippen molar-refractivity contribution in [2.24, 2.45) is 0 Å². The second-order valence-electron chi connectivity index (χ2n) is 4.59. The van der Waals surface area contributed by atoms with Crippen LogP contribution in [0.25, 0.3) is 16.8 Å². The summed E-state index contributed by atoms with van der Waals surface area (Å²) < 4.78 is 1.40. The van der Waals surface area contributed by atoms with E-state index in [-0.39, 0.29) is 5.69 Å². The van der Waals surface area contributed by atoms with Gasteiger partial charge in [-0.25, -0.2) is 14.8 Å². The van der Waals surface area contributed by atoms with E-state index in [0.717, 1.165) is 16.7 Å². The highest BCUT2D eigenvalue weighted by Crippen LogP contribution is 2.24. The van der Waals surface area contributed by atoms with Gasteiger partial charge in [-0.15, -0.1) is 0 Å². The van der Waals surface area contributed by atoms with Crippen LogP contribution in [0.2, 0.25) is 5.15 Å². The molecule has 6 heteroatoms. The lowest BCUT2D eigenvalue weighted by Gasteiger charge is -2.09. The lowest BCUT2D eigenvalue weighted by Crippen LogP contribution is -2.20. The van der Waals surface area contributed by atoms with Gasteiger partial charge in [-0.2, -0.15) is 4.98 Å². The maximum absolute atomic E-state index is 11.8. The van der Waals surface area contributed by atoms with Gasteiger partial charge in [-0.1, -0.05) is 17.7 Å². The fourth-order valence-electron chi connectivity index (χ4n) is 2.12. The van der Waals surface area contributed by atoms with Gasteiger partial charge in [-0.05, 0) is 47.9 Å². The van der Waals surface area contributed by atoms with Gasteiger partial charge >= 0.3 is 5.69 Å². The van der Waals surface area contributed by atoms with Gasteiger partial charge in [0.2, 0.25) is 0 Å². The van der Waals surface area contributed by atoms with E-state index < -0.39 is 0 Å². The van der Waals surface area contributed by atoms with Crippen molar-refractivity contribution in [1.82, 2.24) is 19.5 Å². The molecule has 1 aromatic carbocycles. The first-order valence-electron chi connectivity index (χ1n) is 6.26. The number of benzene rings is 1. The molecule has 0 saturated carbocycles. The van der Waals surface area contributed by atoms with Crippen LogP contribution in [0.4, 0.5) is 0 Å². The van der Waals surface area contributed by atoms with E-state index in [2.05, 4.69) is 15.0 Å². The summed E-state index contributed by atoms with van der Waals surface area (Å²) in [4.78, 5) is 23.3. The van der Waals surface area contributed by atoms with E-state index in [4.69, 9.17) is 11.6 Å². The fraction of sp³-hybridized carbons (Fsp3) is 0.0667. The van der Waals surface area contributed by atoms with Gasteiger partial charge in [0.1, 0.15) is 17.8 Å². The molecule has 2 aromatic heterocycles. The highest BCUT2D eigenvalue weighted by molar-refractivity contribution is 6.29. The van der Waals surface area contributed by atoms with Crippen LogP contribution in [0.5, 0.6) is 0 Å². The van der Waals surface area contributed by atoms with Gasteiger partial charge in [0.05, 0.1) is 5.69 Å². The van der Waals surface area contributed by atoms with Crippen molar-refractivity contribution in [2.75, 3.05) is 0 Å². The summed E-state index contributed by atoms with van der Waals surface area (Å²) >= 11 is 5.93. The molecule has 0 aliphatic carbocycles. The summed E-state index contributed by atoms with van der Waals surface area (Å²) in [6, 6.07) is 9.46. The number of nitrogens with zero attached hydrogens (tertiary/aromatic N) is 4. The summed E-state index contributed by atoms with van der Waals surface area (Å²) in [7, 11) is 0. The Bertz CT molecular complexity index is 860. The third kappa shape index (κ3) is 2.83. The van der Waals surface area contributed by atoms with E-state index in [1.807, 2.05) is 31.2 Å². The van der Waals surface area contributed by atoms with Crippen molar-refractivity contribution in [3.63, 3.8) is 0 Å². The number of pyridine rings is 1. The van der Waals surface area contributed by atoms with Crippen LogP contribution < -0.4 is 5.69 Å². The predicted molar refractivity (Wildman–Crippen MR) is 80.6 cm³/mol. The summed E-state index contributed by atoms with van der Waals surface area (Å²) in [6.07, 6.45) is 4.34. The lowest BCUT2D eigenvalue weighted by atomic mass is 10.0. The molecule has 5 nitrogen and oxygen atoms in total. The normalized spacial score (nSPS) is 10.6. The molecule has 3 rings (SSSR count). The summed E-state index contributed by atoms with van der Waals surface area (Å²) in [5, 5.41) is 0.427. The second-order valence-corrected chi connectivity index (χ2v) is 4.97. The Morgan fingerprint density at radius 2 is 1.95 bits per heavy atom. The average Bonchev–Trinajstić information content (AvgIpc) is 2.47. The van der Waals surface area contributed by atoms with Crippen LogP contribution in [0, 0.1) is 6.92 Å². The molecule has 0 atom stereocenters. The number of hydrogen-bond acceptors (Lipinski definition) is 4. The van der Waals surface area contributed by atoms with E-state index >= 15 is 0 Å². The average molecular weight is 299 g/mol. The molecule has 104 valence electrons. The molecule has 0 aliphatic rings. The molecule has 0 unspecified atom stereocenters.